The zero-order valence-electron chi connectivity index (χ0n) is 13.2. The molecule has 3 atom stereocenters. The molecule has 3 rings (SSSR count). The van der Waals surface area contributed by atoms with Crippen LogP contribution < -0.4 is 10.1 Å². The summed E-state index contributed by atoms with van der Waals surface area (Å²) < 4.78 is 5.45. The van der Waals surface area contributed by atoms with Gasteiger partial charge in [0, 0.05) is 18.5 Å². The lowest BCUT2D eigenvalue weighted by molar-refractivity contribution is -0.108. The molecule has 0 bridgehead atoms. The van der Waals surface area contributed by atoms with Crippen LogP contribution >= 0.6 is 0 Å². The van der Waals surface area contributed by atoms with E-state index in [1.165, 1.54) is 11.1 Å². The molecule has 3 unspecified atom stereocenters. The van der Waals surface area contributed by atoms with Crippen LogP contribution in [0.15, 0.2) is 18.2 Å². The van der Waals surface area contributed by atoms with E-state index < -0.39 is 0 Å². The zero-order chi connectivity index (χ0) is 15.0. The number of carbonyl (C=O) groups is 1. The van der Waals surface area contributed by atoms with Crippen LogP contribution in [0.25, 0.3) is 0 Å². The van der Waals surface area contributed by atoms with Crippen LogP contribution in [-0.4, -0.2) is 19.4 Å². The Balaban J connectivity index is 2.09. The average Bonchev–Trinajstić information content (AvgIpc) is 3.32. The summed E-state index contributed by atoms with van der Waals surface area (Å²) in [6, 6.07) is 7.55. The summed E-state index contributed by atoms with van der Waals surface area (Å²) in [5.41, 5.74) is 3.04. The molecule has 0 spiro atoms. The van der Waals surface area contributed by atoms with Gasteiger partial charge in [-0.05, 0) is 53.9 Å². The fraction of sp³-hybridized carbons (Fsp3) is 0.611. The van der Waals surface area contributed by atoms with Gasteiger partial charge in [-0.1, -0.05) is 19.9 Å². The maximum absolute atomic E-state index is 10.9. The number of ether oxygens (including phenoxy) is 1. The molecule has 114 valence electrons. The van der Waals surface area contributed by atoms with Crippen LogP contribution in [0, 0.1) is 5.92 Å². The van der Waals surface area contributed by atoms with Gasteiger partial charge in [0.1, 0.15) is 12.0 Å². The van der Waals surface area contributed by atoms with Crippen molar-refractivity contribution in [1.82, 2.24) is 5.32 Å². The van der Waals surface area contributed by atoms with E-state index >= 15 is 0 Å². The normalized spacial score (nSPS) is 28.4. The summed E-state index contributed by atoms with van der Waals surface area (Å²) in [6.07, 6.45) is 4.93. The summed E-state index contributed by atoms with van der Waals surface area (Å²) >= 11 is 0. The summed E-state index contributed by atoms with van der Waals surface area (Å²) in [4.78, 5) is 10.9. The molecule has 1 fully saturated rings. The maximum Gasteiger partial charge on any atom is 0.120 e. The Morgan fingerprint density at radius 1 is 1.33 bits per heavy atom. The molecular weight excluding hydrogens is 262 g/mol. The molecule has 0 radical (unpaired) electrons. The van der Waals surface area contributed by atoms with Crippen LogP contribution in [0.3, 0.4) is 0 Å². The van der Waals surface area contributed by atoms with Gasteiger partial charge >= 0.3 is 0 Å². The Morgan fingerprint density at radius 2 is 2.10 bits per heavy atom. The molecule has 1 N–H and O–H groups in total. The van der Waals surface area contributed by atoms with Crippen molar-refractivity contribution in [3.8, 4) is 5.75 Å². The van der Waals surface area contributed by atoms with Gasteiger partial charge in [0.05, 0.1) is 7.11 Å². The predicted octanol–water partition coefficient (Wildman–Crippen LogP) is 3.37. The predicted molar refractivity (Wildman–Crippen MR) is 83.7 cm³/mol. The molecule has 1 aromatic carbocycles. The molecule has 2 aliphatic rings. The molecule has 1 aliphatic carbocycles. The van der Waals surface area contributed by atoms with E-state index in [1.54, 1.807) is 7.11 Å². The van der Waals surface area contributed by atoms with Gasteiger partial charge in [0.15, 0.2) is 0 Å². The Labute approximate surface area is 127 Å². The van der Waals surface area contributed by atoms with E-state index in [-0.39, 0.29) is 5.41 Å². The Hall–Kier alpha value is -1.35. The van der Waals surface area contributed by atoms with Crippen molar-refractivity contribution in [3.63, 3.8) is 0 Å². The first-order valence-corrected chi connectivity index (χ1v) is 8.10. The van der Waals surface area contributed by atoms with Crippen molar-refractivity contribution < 1.29 is 9.53 Å². The summed E-state index contributed by atoms with van der Waals surface area (Å²) in [7, 11) is 1.73. The fourth-order valence-electron chi connectivity index (χ4n) is 4.55. The maximum atomic E-state index is 10.9. The first-order valence-electron chi connectivity index (χ1n) is 8.10. The fourth-order valence-corrected chi connectivity index (χ4v) is 4.55. The Kier molecular flexibility index (Phi) is 3.78. The minimum absolute atomic E-state index is 0.164. The highest BCUT2D eigenvalue weighted by Gasteiger charge is 2.57. The highest BCUT2D eigenvalue weighted by molar-refractivity contribution is 5.52. The molecule has 1 aliphatic heterocycles. The lowest BCUT2D eigenvalue weighted by Crippen LogP contribution is -2.41. The average molecular weight is 287 g/mol. The van der Waals surface area contributed by atoms with Gasteiger partial charge in [-0.3, -0.25) is 0 Å². The summed E-state index contributed by atoms with van der Waals surface area (Å²) in [6.45, 7) is 4.56. The van der Waals surface area contributed by atoms with Crippen LogP contribution in [0.2, 0.25) is 0 Å². The van der Waals surface area contributed by atoms with Gasteiger partial charge in [-0.2, -0.15) is 0 Å². The van der Waals surface area contributed by atoms with Gasteiger partial charge in [0.25, 0.3) is 0 Å². The number of hydrogen-bond donors (Lipinski definition) is 1. The van der Waals surface area contributed by atoms with Crippen molar-refractivity contribution in [2.45, 2.75) is 57.0 Å². The highest BCUT2D eigenvalue weighted by atomic mass is 16.5. The van der Waals surface area contributed by atoms with Crippen LogP contribution in [0.4, 0.5) is 0 Å². The van der Waals surface area contributed by atoms with Crippen molar-refractivity contribution in [3.05, 3.63) is 29.3 Å². The van der Waals surface area contributed by atoms with E-state index in [9.17, 15) is 4.79 Å². The minimum atomic E-state index is 0.164. The Bertz CT molecular complexity index is 536. The van der Waals surface area contributed by atoms with Gasteiger partial charge < -0.3 is 14.8 Å². The number of rotatable bonds is 6. The van der Waals surface area contributed by atoms with E-state index in [0.717, 1.165) is 31.3 Å². The lowest BCUT2D eigenvalue weighted by atomic mass is 9.59. The van der Waals surface area contributed by atoms with Crippen LogP contribution in [0.1, 0.15) is 56.7 Å². The van der Waals surface area contributed by atoms with E-state index in [4.69, 9.17) is 4.74 Å². The first-order chi connectivity index (χ1) is 10.2. The topological polar surface area (TPSA) is 48.2 Å². The quantitative estimate of drug-likeness (QED) is 0.644. The number of aldehydes is 1. The molecule has 1 aromatic rings. The number of carbonyl (C=O) groups excluding carboxylic acids is 1. The molecule has 3 heteroatoms. The summed E-state index contributed by atoms with van der Waals surface area (Å²) in [5.74, 6) is 1.48. The van der Waals surface area contributed by atoms with Crippen molar-refractivity contribution in [2.75, 3.05) is 7.11 Å². The standard InChI is InChI=1S/C18H25NO2/c1-4-18(5-2)14(7-6-10-20)17-16(19-17)13-9-8-12(21-3)11-15(13)18/h8-11,14,16-17,19H,4-7H2,1-3H3. The van der Waals surface area contributed by atoms with E-state index in [2.05, 4.69) is 37.4 Å². The third kappa shape index (κ3) is 2.10. The van der Waals surface area contributed by atoms with Gasteiger partial charge in [-0.25, -0.2) is 0 Å². The van der Waals surface area contributed by atoms with E-state index in [0.29, 0.717) is 24.4 Å². The third-order valence-electron chi connectivity index (χ3n) is 5.75. The molecule has 0 aromatic heterocycles. The molecule has 0 amide bonds. The number of hydrogen-bond acceptors (Lipinski definition) is 3. The SMILES string of the molecule is CCC1(CC)c2cc(OC)ccc2C2NC2C1CCC=O. The zero-order valence-corrected chi connectivity index (χ0v) is 13.2. The first kappa shape index (κ1) is 14.6. The number of benzene rings is 1. The van der Waals surface area contributed by atoms with Crippen molar-refractivity contribution in [1.29, 1.82) is 0 Å². The molecular formula is C18H25NO2. The highest BCUT2D eigenvalue weighted by Crippen LogP contribution is 2.57. The summed E-state index contributed by atoms with van der Waals surface area (Å²) in [5, 5.41) is 3.65. The molecule has 1 saturated heterocycles. The molecule has 0 saturated carbocycles. The van der Waals surface area contributed by atoms with Gasteiger partial charge in [-0.15, -0.1) is 0 Å². The largest absolute Gasteiger partial charge is 0.497 e. The second kappa shape index (κ2) is 5.45. The van der Waals surface area contributed by atoms with Crippen molar-refractivity contribution in [2.24, 2.45) is 5.92 Å². The molecule has 21 heavy (non-hydrogen) atoms. The van der Waals surface area contributed by atoms with Gasteiger partial charge in [0.2, 0.25) is 0 Å². The number of nitrogens with one attached hydrogen (secondary N) is 1. The number of methoxy groups -OCH3 is 1. The second-order valence-electron chi connectivity index (χ2n) is 6.34. The lowest BCUT2D eigenvalue weighted by Gasteiger charge is -2.44. The Morgan fingerprint density at radius 3 is 2.71 bits per heavy atom. The minimum Gasteiger partial charge on any atom is -0.497 e. The third-order valence-corrected chi connectivity index (χ3v) is 5.75. The smallest absolute Gasteiger partial charge is 0.120 e. The van der Waals surface area contributed by atoms with Crippen LogP contribution in [-0.2, 0) is 10.2 Å². The molecule has 1 heterocycles. The van der Waals surface area contributed by atoms with Crippen LogP contribution in [0.5, 0.6) is 5.75 Å². The monoisotopic (exact) mass is 287 g/mol. The number of fused-ring (bicyclic) bond motifs is 3. The van der Waals surface area contributed by atoms with E-state index in [1.807, 2.05) is 0 Å². The second-order valence-corrected chi connectivity index (χ2v) is 6.34. The van der Waals surface area contributed by atoms with Crippen molar-refractivity contribution >= 4 is 6.29 Å². The molecule has 3 nitrogen and oxygen atoms in total.